The highest BCUT2D eigenvalue weighted by molar-refractivity contribution is 5.49. The standard InChI is InChI=1S/C16H29N5/c1-4-8-17-15-13-16(19-14(5-2)18-15)20(3)11-12-21-9-6-7-10-21/h13H,4-12H2,1-3H3,(H,17,18,19). The minimum Gasteiger partial charge on any atom is -0.370 e. The average Bonchev–Trinajstić information content (AvgIpc) is 3.03. The van der Waals surface area contributed by atoms with E-state index in [4.69, 9.17) is 0 Å². The van der Waals surface area contributed by atoms with E-state index in [1.807, 2.05) is 0 Å². The molecular weight excluding hydrogens is 262 g/mol. The van der Waals surface area contributed by atoms with E-state index in [2.05, 4.69) is 52.0 Å². The van der Waals surface area contributed by atoms with Gasteiger partial charge < -0.3 is 15.1 Å². The third-order valence-electron chi connectivity index (χ3n) is 3.97. The van der Waals surface area contributed by atoms with Gasteiger partial charge in [0.05, 0.1) is 0 Å². The fourth-order valence-corrected chi connectivity index (χ4v) is 2.59. The summed E-state index contributed by atoms with van der Waals surface area (Å²) in [5.74, 6) is 2.89. The van der Waals surface area contributed by atoms with Crippen LogP contribution in [0.5, 0.6) is 0 Å². The highest BCUT2D eigenvalue weighted by Gasteiger charge is 2.13. The Morgan fingerprint density at radius 2 is 2.00 bits per heavy atom. The van der Waals surface area contributed by atoms with Crippen LogP contribution in [0.3, 0.4) is 0 Å². The van der Waals surface area contributed by atoms with E-state index < -0.39 is 0 Å². The van der Waals surface area contributed by atoms with E-state index in [-0.39, 0.29) is 0 Å². The van der Waals surface area contributed by atoms with Crippen LogP contribution < -0.4 is 10.2 Å². The predicted molar refractivity (Wildman–Crippen MR) is 89.1 cm³/mol. The monoisotopic (exact) mass is 291 g/mol. The van der Waals surface area contributed by atoms with Crippen molar-refractivity contribution in [3.63, 3.8) is 0 Å². The van der Waals surface area contributed by atoms with Gasteiger partial charge in [-0.2, -0.15) is 0 Å². The molecule has 1 fully saturated rings. The maximum atomic E-state index is 4.66. The number of likely N-dealkylation sites (N-methyl/N-ethyl adjacent to an activating group) is 1. The van der Waals surface area contributed by atoms with Gasteiger partial charge >= 0.3 is 0 Å². The molecule has 1 saturated heterocycles. The summed E-state index contributed by atoms with van der Waals surface area (Å²) in [6.07, 6.45) is 4.67. The first-order valence-electron chi connectivity index (χ1n) is 8.28. The lowest BCUT2D eigenvalue weighted by Gasteiger charge is -2.23. The largest absolute Gasteiger partial charge is 0.370 e. The lowest BCUT2D eigenvalue weighted by atomic mass is 10.3. The minimum absolute atomic E-state index is 0.870. The number of nitrogens with zero attached hydrogens (tertiary/aromatic N) is 4. The Morgan fingerprint density at radius 1 is 1.24 bits per heavy atom. The molecule has 1 aromatic heterocycles. The van der Waals surface area contributed by atoms with Gasteiger partial charge in [0.25, 0.3) is 0 Å². The minimum atomic E-state index is 0.870. The lowest BCUT2D eigenvalue weighted by Crippen LogP contribution is -2.32. The number of likely N-dealkylation sites (tertiary alicyclic amines) is 1. The molecule has 21 heavy (non-hydrogen) atoms. The van der Waals surface area contributed by atoms with Crippen LogP contribution >= 0.6 is 0 Å². The van der Waals surface area contributed by atoms with Gasteiger partial charge in [-0.25, -0.2) is 9.97 Å². The van der Waals surface area contributed by atoms with Crippen molar-refractivity contribution in [2.45, 2.75) is 39.5 Å². The van der Waals surface area contributed by atoms with E-state index in [1.54, 1.807) is 0 Å². The number of nitrogens with one attached hydrogen (secondary N) is 1. The number of aromatic nitrogens is 2. The van der Waals surface area contributed by atoms with Gasteiger partial charge in [0.1, 0.15) is 17.5 Å². The predicted octanol–water partition coefficient (Wildman–Crippen LogP) is 2.39. The van der Waals surface area contributed by atoms with E-state index in [0.717, 1.165) is 49.9 Å². The summed E-state index contributed by atoms with van der Waals surface area (Å²) >= 11 is 0. The summed E-state index contributed by atoms with van der Waals surface area (Å²) in [6.45, 7) is 9.87. The number of hydrogen-bond acceptors (Lipinski definition) is 5. The van der Waals surface area contributed by atoms with Crippen molar-refractivity contribution < 1.29 is 0 Å². The van der Waals surface area contributed by atoms with Gasteiger partial charge in [-0.3, -0.25) is 0 Å². The van der Waals surface area contributed by atoms with Crippen LogP contribution in [0.25, 0.3) is 0 Å². The number of anilines is 2. The molecule has 1 aromatic rings. The molecule has 0 unspecified atom stereocenters. The maximum absolute atomic E-state index is 4.66. The van der Waals surface area contributed by atoms with Gasteiger partial charge in [0.15, 0.2) is 0 Å². The smallest absolute Gasteiger partial charge is 0.134 e. The first kappa shape index (κ1) is 16.0. The Labute approximate surface area is 128 Å². The van der Waals surface area contributed by atoms with Crippen LogP contribution in [0.1, 0.15) is 38.9 Å². The van der Waals surface area contributed by atoms with Gasteiger partial charge in [-0.05, 0) is 32.4 Å². The third kappa shape index (κ3) is 4.84. The zero-order valence-electron chi connectivity index (χ0n) is 13.7. The first-order chi connectivity index (χ1) is 10.2. The Hall–Kier alpha value is -1.36. The van der Waals surface area contributed by atoms with Crippen LogP contribution in [0.2, 0.25) is 0 Å². The van der Waals surface area contributed by atoms with Crippen LogP contribution in [0.4, 0.5) is 11.6 Å². The van der Waals surface area contributed by atoms with Crippen molar-refractivity contribution >= 4 is 11.6 Å². The SMILES string of the molecule is CCCNc1cc(N(C)CCN2CCCC2)nc(CC)n1. The molecule has 0 amide bonds. The molecule has 1 aliphatic rings. The van der Waals surface area contributed by atoms with E-state index in [0.29, 0.717) is 0 Å². The topological polar surface area (TPSA) is 44.3 Å². The van der Waals surface area contributed by atoms with Crippen LogP contribution in [0.15, 0.2) is 6.07 Å². The van der Waals surface area contributed by atoms with Gasteiger partial charge in [-0.15, -0.1) is 0 Å². The Kier molecular flexibility index (Phi) is 6.23. The summed E-state index contributed by atoms with van der Waals surface area (Å²) in [4.78, 5) is 14.0. The Bertz CT molecular complexity index is 429. The molecule has 0 aromatic carbocycles. The maximum Gasteiger partial charge on any atom is 0.134 e. The molecule has 0 saturated carbocycles. The van der Waals surface area contributed by atoms with E-state index in [1.165, 1.54) is 25.9 Å². The summed E-state index contributed by atoms with van der Waals surface area (Å²) in [5.41, 5.74) is 0. The van der Waals surface area contributed by atoms with Crippen LogP contribution in [-0.4, -0.2) is 54.6 Å². The van der Waals surface area contributed by atoms with Crippen molar-refractivity contribution in [3.05, 3.63) is 11.9 Å². The molecule has 1 N–H and O–H groups in total. The van der Waals surface area contributed by atoms with E-state index >= 15 is 0 Å². The Morgan fingerprint density at radius 3 is 2.67 bits per heavy atom. The molecule has 0 atom stereocenters. The second kappa shape index (κ2) is 8.17. The zero-order valence-corrected chi connectivity index (χ0v) is 13.7. The fraction of sp³-hybridized carbons (Fsp3) is 0.750. The normalized spacial score (nSPS) is 15.4. The quantitative estimate of drug-likeness (QED) is 0.797. The van der Waals surface area contributed by atoms with Crippen LogP contribution in [-0.2, 0) is 6.42 Å². The summed E-state index contributed by atoms with van der Waals surface area (Å²) in [7, 11) is 2.13. The van der Waals surface area contributed by atoms with Crippen molar-refractivity contribution in [1.82, 2.24) is 14.9 Å². The molecule has 0 spiro atoms. The van der Waals surface area contributed by atoms with E-state index in [9.17, 15) is 0 Å². The molecule has 0 radical (unpaired) electrons. The molecular formula is C16H29N5. The molecule has 118 valence electrons. The first-order valence-corrected chi connectivity index (χ1v) is 8.28. The molecule has 2 heterocycles. The summed E-state index contributed by atoms with van der Waals surface area (Å²) < 4.78 is 0. The van der Waals surface area contributed by atoms with Gasteiger partial charge in [0, 0.05) is 39.2 Å². The number of hydrogen-bond donors (Lipinski definition) is 1. The van der Waals surface area contributed by atoms with Gasteiger partial charge in [0.2, 0.25) is 0 Å². The highest BCUT2D eigenvalue weighted by atomic mass is 15.2. The Balaban J connectivity index is 1.98. The van der Waals surface area contributed by atoms with Crippen molar-refractivity contribution in [1.29, 1.82) is 0 Å². The highest BCUT2D eigenvalue weighted by Crippen LogP contribution is 2.16. The number of rotatable bonds is 8. The van der Waals surface area contributed by atoms with Crippen molar-refractivity contribution in [3.8, 4) is 0 Å². The number of aryl methyl sites for hydroxylation is 1. The molecule has 0 bridgehead atoms. The third-order valence-corrected chi connectivity index (χ3v) is 3.97. The fourth-order valence-electron chi connectivity index (χ4n) is 2.59. The summed E-state index contributed by atoms with van der Waals surface area (Å²) in [5, 5.41) is 3.37. The molecule has 5 nitrogen and oxygen atoms in total. The zero-order chi connectivity index (χ0) is 15.1. The molecule has 1 aliphatic heterocycles. The second-order valence-corrected chi connectivity index (χ2v) is 5.78. The van der Waals surface area contributed by atoms with Crippen molar-refractivity contribution in [2.75, 3.05) is 50.0 Å². The van der Waals surface area contributed by atoms with Gasteiger partial charge in [-0.1, -0.05) is 13.8 Å². The molecule has 5 heteroatoms. The average molecular weight is 291 g/mol. The summed E-state index contributed by atoms with van der Waals surface area (Å²) in [6, 6.07) is 2.07. The van der Waals surface area contributed by atoms with Crippen molar-refractivity contribution in [2.24, 2.45) is 0 Å². The second-order valence-electron chi connectivity index (χ2n) is 5.78. The molecule has 2 rings (SSSR count). The lowest BCUT2D eigenvalue weighted by molar-refractivity contribution is 0.346. The van der Waals surface area contributed by atoms with Crippen LogP contribution in [0, 0.1) is 0 Å². The molecule has 0 aliphatic carbocycles.